The van der Waals surface area contributed by atoms with Crippen LogP contribution in [0.4, 0.5) is 42.1 Å². The van der Waals surface area contributed by atoms with Crippen LogP contribution in [0.15, 0.2) is 66.7 Å². The highest BCUT2D eigenvalue weighted by Gasteiger charge is 2.73. The van der Waals surface area contributed by atoms with Crippen molar-refractivity contribution in [1.82, 2.24) is 0 Å². The molecule has 0 bridgehead atoms. The predicted octanol–water partition coefficient (Wildman–Crippen LogP) is 6.89. The van der Waals surface area contributed by atoms with Crippen molar-refractivity contribution in [2.24, 2.45) is 0 Å². The van der Waals surface area contributed by atoms with E-state index in [1.54, 1.807) is 36.4 Å². The lowest BCUT2D eigenvalue weighted by Crippen LogP contribution is -2.50. The summed E-state index contributed by atoms with van der Waals surface area (Å²) in [6.45, 7) is 2.40. The molecule has 5 nitrogen and oxygen atoms in total. The molecule has 0 fully saturated rings. The molecule has 0 spiro atoms. The first-order valence-corrected chi connectivity index (χ1v) is 14.1. The van der Waals surface area contributed by atoms with Crippen LogP contribution in [-0.2, 0) is 16.8 Å². The summed E-state index contributed by atoms with van der Waals surface area (Å²) in [7, 11) is 1.27. The third kappa shape index (κ3) is 6.57. The van der Waals surface area contributed by atoms with E-state index in [1.807, 2.05) is 0 Å². The van der Waals surface area contributed by atoms with Gasteiger partial charge in [-0.1, -0.05) is 47.6 Å². The van der Waals surface area contributed by atoms with Gasteiger partial charge < -0.3 is 14.4 Å². The molecule has 13 heteroatoms. The van der Waals surface area contributed by atoms with E-state index in [2.05, 4.69) is 0 Å². The highest BCUT2D eigenvalue weighted by atomic mass is 32.2. The van der Waals surface area contributed by atoms with Gasteiger partial charge in [0.1, 0.15) is 5.75 Å². The molecule has 0 radical (unpaired) electrons. The van der Waals surface area contributed by atoms with Gasteiger partial charge in [0.2, 0.25) is 0 Å². The molecule has 0 aliphatic rings. The normalized spacial score (nSPS) is 13.0. The fourth-order valence-corrected chi connectivity index (χ4v) is 5.02. The van der Waals surface area contributed by atoms with E-state index >= 15 is 0 Å². The molecule has 0 saturated heterocycles. The molecular formula is C29H27F7N2O3S. The highest BCUT2D eigenvalue weighted by molar-refractivity contribution is 7.90. The van der Waals surface area contributed by atoms with Gasteiger partial charge in [-0.15, -0.1) is 0 Å². The van der Waals surface area contributed by atoms with Crippen LogP contribution in [0.25, 0.3) is 0 Å². The molecule has 2 amide bonds. The van der Waals surface area contributed by atoms with Crippen LogP contribution in [0.2, 0.25) is 0 Å². The van der Waals surface area contributed by atoms with Crippen molar-refractivity contribution in [2.75, 3.05) is 35.4 Å². The maximum absolute atomic E-state index is 14.7. The van der Waals surface area contributed by atoms with E-state index < -0.39 is 46.6 Å². The third-order valence-corrected chi connectivity index (χ3v) is 7.34. The molecule has 3 rings (SSSR count). The van der Waals surface area contributed by atoms with Crippen molar-refractivity contribution < 1.29 is 44.9 Å². The summed E-state index contributed by atoms with van der Waals surface area (Å²) < 4.78 is 106. The number of halogens is 7. The van der Waals surface area contributed by atoms with Crippen LogP contribution < -0.4 is 9.80 Å². The SMILES string of the molecule is Cc1cc(C(F)(C(F)(F)F)C(F)(F)F)cc(C)c1N(C)C(=O)c1cccc(N(CC[S+](C)[O-])C(=O)c2ccccc2)c1. The molecule has 1 unspecified atom stereocenters. The second-order valence-corrected chi connectivity index (χ2v) is 11.2. The van der Waals surface area contributed by atoms with Crippen LogP contribution in [0, 0.1) is 13.8 Å². The Balaban J connectivity index is 2.01. The first-order chi connectivity index (χ1) is 19.4. The van der Waals surface area contributed by atoms with Gasteiger partial charge in [0.25, 0.3) is 11.8 Å². The van der Waals surface area contributed by atoms with E-state index in [0.717, 1.165) is 4.90 Å². The van der Waals surface area contributed by atoms with Crippen LogP contribution in [0.3, 0.4) is 0 Å². The Morgan fingerprint density at radius 2 is 1.31 bits per heavy atom. The topological polar surface area (TPSA) is 63.7 Å². The minimum Gasteiger partial charge on any atom is -0.617 e. The van der Waals surface area contributed by atoms with Crippen molar-refractivity contribution in [3.63, 3.8) is 0 Å². The molecule has 0 aliphatic heterocycles. The molecule has 42 heavy (non-hydrogen) atoms. The Hall–Kier alpha value is -3.58. The lowest BCUT2D eigenvalue weighted by molar-refractivity contribution is -0.348. The van der Waals surface area contributed by atoms with Crippen molar-refractivity contribution >= 4 is 34.4 Å². The first kappa shape index (κ1) is 32.9. The molecule has 1 atom stereocenters. The lowest BCUT2D eigenvalue weighted by atomic mass is 9.90. The van der Waals surface area contributed by atoms with Gasteiger partial charge >= 0.3 is 18.0 Å². The van der Waals surface area contributed by atoms with E-state index in [-0.39, 0.29) is 34.7 Å². The highest BCUT2D eigenvalue weighted by Crippen LogP contribution is 2.54. The molecule has 3 aromatic rings. The number of nitrogens with zero attached hydrogens (tertiary/aromatic N) is 2. The second kappa shape index (κ2) is 12.3. The smallest absolute Gasteiger partial charge is 0.435 e. The number of hydrogen-bond donors (Lipinski definition) is 0. The van der Waals surface area contributed by atoms with Crippen LogP contribution in [0.5, 0.6) is 0 Å². The van der Waals surface area contributed by atoms with E-state index in [4.69, 9.17) is 0 Å². The molecule has 0 aromatic heterocycles. The van der Waals surface area contributed by atoms with Gasteiger partial charge in [-0.05, 0) is 55.3 Å². The average molecular weight is 617 g/mol. The minimum atomic E-state index is -6.28. The largest absolute Gasteiger partial charge is 0.617 e. The van der Waals surface area contributed by atoms with Gasteiger partial charge in [-0.25, -0.2) is 4.39 Å². The summed E-state index contributed by atoms with van der Waals surface area (Å²) in [5.74, 6) is -0.960. The molecular weight excluding hydrogens is 589 g/mol. The number of amides is 2. The maximum atomic E-state index is 14.7. The van der Waals surface area contributed by atoms with E-state index in [1.165, 1.54) is 50.2 Å². The molecule has 0 saturated carbocycles. The predicted molar refractivity (Wildman–Crippen MR) is 147 cm³/mol. The number of alkyl halides is 7. The fraction of sp³-hybridized carbons (Fsp3) is 0.310. The summed E-state index contributed by atoms with van der Waals surface area (Å²) >= 11 is -1.24. The molecule has 226 valence electrons. The van der Waals surface area contributed by atoms with Crippen LogP contribution in [-0.4, -0.2) is 54.3 Å². The van der Waals surface area contributed by atoms with Gasteiger partial charge in [-0.3, -0.25) is 9.59 Å². The number of benzene rings is 3. The van der Waals surface area contributed by atoms with Crippen molar-refractivity contribution in [3.05, 3.63) is 94.5 Å². The number of anilines is 2. The Morgan fingerprint density at radius 3 is 1.81 bits per heavy atom. The third-order valence-electron chi connectivity index (χ3n) is 6.58. The number of carbonyl (C=O) groups is 2. The quantitative estimate of drug-likeness (QED) is 0.205. The molecule has 0 aliphatic carbocycles. The number of carbonyl (C=O) groups excluding carboxylic acids is 2. The summed E-state index contributed by atoms with van der Waals surface area (Å²) in [6, 6.07) is 15.0. The zero-order valence-corrected chi connectivity index (χ0v) is 23.8. The van der Waals surface area contributed by atoms with Gasteiger partial charge in [0.15, 0.2) is 0 Å². The van der Waals surface area contributed by atoms with Crippen LogP contribution >= 0.6 is 0 Å². The van der Waals surface area contributed by atoms with Gasteiger partial charge in [0.05, 0.1) is 12.8 Å². The summed E-state index contributed by atoms with van der Waals surface area (Å²) in [4.78, 5) is 29.1. The monoisotopic (exact) mass is 616 g/mol. The Kier molecular flexibility index (Phi) is 9.68. The van der Waals surface area contributed by atoms with Crippen molar-refractivity contribution in [1.29, 1.82) is 0 Å². The zero-order valence-electron chi connectivity index (χ0n) is 22.9. The fourth-order valence-electron chi connectivity index (χ4n) is 4.58. The first-order valence-electron chi connectivity index (χ1n) is 12.4. The standard InChI is InChI=1S/C29H27F7N2O3S/c1-18-15-22(27(30,28(31,32)33)29(34,35)36)16-19(2)24(18)37(3)25(39)21-11-8-12-23(17-21)38(13-14-42(4)41)26(40)20-9-6-5-7-10-20/h5-12,15-17H,13-14H2,1-4H3. The molecule has 0 heterocycles. The molecule has 3 aromatic carbocycles. The second-order valence-electron chi connectivity index (χ2n) is 9.63. The minimum absolute atomic E-state index is 0.0144. The lowest BCUT2D eigenvalue weighted by Gasteiger charge is -2.32. The number of aryl methyl sites for hydroxylation is 2. The van der Waals surface area contributed by atoms with Crippen LogP contribution in [0.1, 0.15) is 37.4 Å². The summed E-state index contributed by atoms with van der Waals surface area (Å²) in [6.07, 6.45) is -11.1. The average Bonchev–Trinajstić information content (AvgIpc) is 2.90. The summed E-state index contributed by atoms with van der Waals surface area (Å²) in [5.41, 5.74) is -6.96. The maximum Gasteiger partial charge on any atom is 0.435 e. The summed E-state index contributed by atoms with van der Waals surface area (Å²) in [5, 5.41) is 0. The zero-order chi connectivity index (χ0) is 31.6. The van der Waals surface area contributed by atoms with Gasteiger partial charge in [0, 0.05) is 35.1 Å². The van der Waals surface area contributed by atoms with E-state index in [0.29, 0.717) is 23.4 Å². The van der Waals surface area contributed by atoms with Crippen molar-refractivity contribution in [2.45, 2.75) is 31.9 Å². The number of hydrogen-bond acceptors (Lipinski definition) is 3. The Bertz CT molecular complexity index is 1410. The Labute approximate surface area is 241 Å². The Morgan fingerprint density at radius 1 is 0.786 bits per heavy atom. The molecule has 0 N–H and O–H groups in total. The van der Waals surface area contributed by atoms with Gasteiger partial charge in [-0.2, -0.15) is 26.3 Å². The van der Waals surface area contributed by atoms with E-state index in [9.17, 15) is 44.9 Å². The van der Waals surface area contributed by atoms with Crippen molar-refractivity contribution in [3.8, 4) is 0 Å². The number of rotatable bonds is 8.